The molecule has 0 amide bonds. The molecule has 0 aliphatic carbocycles. The highest BCUT2D eigenvalue weighted by atomic mass is 35.5. The van der Waals surface area contributed by atoms with Crippen LogP contribution in [0.3, 0.4) is 0 Å². The molecule has 6 heteroatoms. The molecule has 0 aliphatic heterocycles. The van der Waals surface area contributed by atoms with E-state index in [9.17, 15) is 8.78 Å². The van der Waals surface area contributed by atoms with E-state index in [0.29, 0.717) is 22.8 Å². The summed E-state index contributed by atoms with van der Waals surface area (Å²) in [6, 6.07) is 10.7. The fraction of sp³-hybridized carbons (Fsp3) is 0.200. The zero-order valence-corrected chi connectivity index (χ0v) is 12.7. The molecule has 0 bridgehead atoms. The summed E-state index contributed by atoms with van der Waals surface area (Å²) in [6.07, 6.45) is 0.452. The molecule has 112 valence electrons. The van der Waals surface area contributed by atoms with Crippen molar-refractivity contribution in [2.45, 2.75) is 17.4 Å². The van der Waals surface area contributed by atoms with E-state index in [1.807, 2.05) is 0 Å². The van der Waals surface area contributed by atoms with Crippen LogP contribution in [0.15, 0.2) is 47.4 Å². The lowest BCUT2D eigenvalue weighted by Crippen LogP contribution is -2.38. The van der Waals surface area contributed by atoms with E-state index in [4.69, 9.17) is 17.4 Å². The van der Waals surface area contributed by atoms with Gasteiger partial charge < -0.3 is 0 Å². The lowest BCUT2D eigenvalue weighted by atomic mass is 10.1. The van der Waals surface area contributed by atoms with Gasteiger partial charge in [-0.15, -0.1) is 11.8 Å². The lowest BCUT2D eigenvalue weighted by molar-refractivity contribution is 0.546. The number of nitrogens with two attached hydrogens (primary N) is 1. The van der Waals surface area contributed by atoms with Gasteiger partial charge >= 0.3 is 0 Å². The average Bonchev–Trinajstić information content (AvgIpc) is 2.47. The average molecular weight is 329 g/mol. The van der Waals surface area contributed by atoms with Gasteiger partial charge in [0.05, 0.1) is 0 Å². The summed E-state index contributed by atoms with van der Waals surface area (Å²) >= 11 is 7.26. The van der Waals surface area contributed by atoms with Gasteiger partial charge in [0.2, 0.25) is 0 Å². The Hall–Kier alpha value is -1.14. The monoisotopic (exact) mass is 328 g/mol. The molecule has 2 aromatic rings. The molecule has 0 saturated carbocycles. The van der Waals surface area contributed by atoms with Gasteiger partial charge in [0.15, 0.2) is 0 Å². The van der Waals surface area contributed by atoms with Crippen LogP contribution in [0.1, 0.15) is 5.56 Å². The van der Waals surface area contributed by atoms with Crippen LogP contribution in [0.4, 0.5) is 8.78 Å². The van der Waals surface area contributed by atoms with Crippen molar-refractivity contribution in [2.24, 2.45) is 5.84 Å². The van der Waals surface area contributed by atoms with Crippen LogP contribution < -0.4 is 11.3 Å². The smallest absolute Gasteiger partial charge is 0.127 e. The predicted molar refractivity (Wildman–Crippen MR) is 83.3 cm³/mol. The first-order valence-electron chi connectivity index (χ1n) is 6.37. The van der Waals surface area contributed by atoms with Crippen LogP contribution in [-0.4, -0.2) is 11.8 Å². The maximum absolute atomic E-state index is 13.8. The molecule has 2 nitrogen and oxygen atoms in total. The van der Waals surface area contributed by atoms with E-state index in [1.54, 1.807) is 24.3 Å². The Kier molecular flexibility index (Phi) is 5.99. The number of thioether (sulfide) groups is 1. The van der Waals surface area contributed by atoms with Crippen molar-refractivity contribution in [3.05, 3.63) is 64.7 Å². The standard InChI is InChI=1S/C15H15ClF2N2S/c16-11-2-1-10(15(18)8-11)7-13(20-19)9-21-14-5-3-12(17)4-6-14/h1-6,8,13,20H,7,9,19H2. The van der Waals surface area contributed by atoms with Crippen LogP contribution in [0.5, 0.6) is 0 Å². The second kappa shape index (κ2) is 7.75. The van der Waals surface area contributed by atoms with Gasteiger partial charge in [-0.2, -0.15) is 0 Å². The van der Waals surface area contributed by atoms with E-state index in [0.717, 1.165) is 4.90 Å². The highest BCUT2D eigenvalue weighted by Gasteiger charge is 2.12. The van der Waals surface area contributed by atoms with Crippen LogP contribution in [0.25, 0.3) is 0 Å². The first-order chi connectivity index (χ1) is 10.1. The maximum atomic E-state index is 13.8. The zero-order valence-electron chi connectivity index (χ0n) is 11.2. The Morgan fingerprint density at radius 3 is 2.48 bits per heavy atom. The Labute approximate surface area is 131 Å². The van der Waals surface area contributed by atoms with Crippen molar-refractivity contribution in [1.29, 1.82) is 0 Å². The molecule has 0 aromatic heterocycles. The number of halogens is 3. The molecular weight excluding hydrogens is 314 g/mol. The summed E-state index contributed by atoms with van der Waals surface area (Å²) in [4.78, 5) is 0.938. The van der Waals surface area contributed by atoms with Crippen LogP contribution in [0, 0.1) is 11.6 Å². The summed E-state index contributed by atoms with van der Waals surface area (Å²) in [5.41, 5.74) is 3.24. The highest BCUT2D eigenvalue weighted by molar-refractivity contribution is 7.99. The largest absolute Gasteiger partial charge is 0.271 e. The van der Waals surface area contributed by atoms with E-state index >= 15 is 0 Å². The third-order valence-electron chi connectivity index (χ3n) is 2.98. The molecule has 3 N–H and O–H groups in total. The molecule has 0 spiro atoms. The molecule has 0 radical (unpaired) electrons. The molecule has 0 saturated heterocycles. The van der Waals surface area contributed by atoms with Gasteiger partial charge in [0, 0.05) is 21.7 Å². The van der Waals surface area contributed by atoms with Gasteiger partial charge in [0.25, 0.3) is 0 Å². The maximum Gasteiger partial charge on any atom is 0.127 e. The van der Waals surface area contributed by atoms with E-state index in [-0.39, 0.29) is 17.7 Å². The quantitative estimate of drug-likeness (QED) is 0.481. The molecule has 0 aliphatic rings. The fourth-order valence-corrected chi connectivity index (χ4v) is 2.94. The van der Waals surface area contributed by atoms with Crippen molar-refractivity contribution < 1.29 is 8.78 Å². The van der Waals surface area contributed by atoms with Crippen molar-refractivity contribution >= 4 is 23.4 Å². The van der Waals surface area contributed by atoms with Crippen molar-refractivity contribution in [3.63, 3.8) is 0 Å². The number of benzene rings is 2. The van der Waals surface area contributed by atoms with Gasteiger partial charge in [-0.05, 0) is 48.4 Å². The van der Waals surface area contributed by atoms with Gasteiger partial charge in [0.1, 0.15) is 11.6 Å². The van der Waals surface area contributed by atoms with E-state index < -0.39 is 0 Å². The van der Waals surface area contributed by atoms with E-state index in [1.165, 1.54) is 30.0 Å². The Bertz CT molecular complexity index is 593. The molecule has 1 unspecified atom stereocenters. The molecule has 1 atom stereocenters. The highest BCUT2D eigenvalue weighted by Crippen LogP contribution is 2.21. The second-order valence-electron chi connectivity index (χ2n) is 4.57. The number of hydrazine groups is 1. The van der Waals surface area contributed by atoms with Crippen molar-refractivity contribution in [2.75, 3.05) is 5.75 Å². The summed E-state index contributed by atoms with van der Waals surface area (Å²) in [6.45, 7) is 0. The molecule has 2 rings (SSSR count). The predicted octanol–water partition coefficient (Wildman–Crippen LogP) is 3.78. The Morgan fingerprint density at radius 2 is 1.86 bits per heavy atom. The minimum Gasteiger partial charge on any atom is -0.271 e. The van der Waals surface area contributed by atoms with Crippen molar-refractivity contribution in [3.8, 4) is 0 Å². The molecule has 0 fully saturated rings. The van der Waals surface area contributed by atoms with E-state index in [2.05, 4.69) is 5.43 Å². The Balaban J connectivity index is 1.95. The normalized spacial score (nSPS) is 12.4. The van der Waals surface area contributed by atoms with Gasteiger partial charge in [-0.25, -0.2) is 8.78 Å². The molecule has 0 heterocycles. The number of hydrogen-bond acceptors (Lipinski definition) is 3. The minimum atomic E-state index is -0.338. The topological polar surface area (TPSA) is 38.0 Å². The minimum absolute atomic E-state index is 0.101. The van der Waals surface area contributed by atoms with Gasteiger partial charge in [-0.3, -0.25) is 11.3 Å². The third-order valence-corrected chi connectivity index (χ3v) is 4.39. The number of hydrogen-bond donors (Lipinski definition) is 2. The first-order valence-corrected chi connectivity index (χ1v) is 7.73. The zero-order chi connectivity index (χ0) is 15.2. The molecular formula is C15H15ClF2N2S. The second-order valence-corrected chi connectivity index (χ2v) is 6.10. The third kappa shape index (κ3) is 4.97. The van der Waals surface area contributed by atoms with Crippen molar-refractivity contribution in [1.82, 2.24) is 5.43 Å². The Morgan fingerprint density at radius 1 is 1.14 bits per heavy atom. The first kappa shape index (κ1) is 16.2. The number of nitrogens with one attached hydrogen (secondary N) is 1. The van der Waals surface area contributed by atoms with Crippen LogP contribution in [-0.2, 0) is 6.42 Å². The summed E-state index contributed by atoms with van der Waals surface area (Å²) < 4.78 is 26.6. The molecule has 21 heavy (non-hydrogen) atoms. The summed E-state index contributed by atoms with van der Waals surface area (Å²) in [5, 5.41) is 0.370. The molecule has 2 aromatic carbocycles. The summed E-state index contributed by atoms with van der Waals surface area (Å²) in [5.74, 6) is 5.55. The van der Waals surface area contributed by atoms with Gasteiger partial charge in [-0.1, -0.05) is 17.7 Å². The lowest BCUT2D eigenvalue weighted by Gasteiger charge is -2.16. The summed E-state index contributed by atoms with van der Waals surface area (Å²) in [7, 11) is 0. The fourth-order valence-electron chi connectivity index (χ4n) is 1.85. The van der Waals surface area contributed by atoms with Crippen LogP contribution >= 0.6 is 23.4 Å². The van der Waals surface area contributed by atoms with Crippen LogP contribution in [0.2, 0.25) is 5.02 Å². The SMILES string of the molecule is NNC(CSc1ccc(F)cc1)Cc1ccc(Cl)cc1F. The number of rotatable bonds is 6.